The van der Waals surface area contributed by atoms with Crippen LogP contribution in [0.5, 0.6) is 0 Å². The van der Waals surface area contributed by atoms with E-state index in [1.165, 1.54) is 10.2 Å². The van der Waals surface area contributed by atoms with Crippen molar-refractivity contribution in [2.75, 3.05) is 5.33 Å². The van der Waals surface area contributed by atoms with E-state index in [2.05, 4.69) is 15.9 Å². The predicted octanol–water partition coefficient (Wildman–Crippen LogP) is 5.26. The van der Waals surface area contributed by atoms with Crippen LogP contribution in [-0.2, 0) is 10.0 Å². The zero-order chi connectivity index (χ0) is 20.2. The SMILES string of the molecule is Cc1cc(C)c(S(=O)(=O)n2cc(C(=O)CBr)c3ccc(C4CC4)cc32)c(C)c1. The van der Waals surface area contributed by atoms with Crippen molar-refractivity contribution in [2.45, 2.75) is 44.4 Å². The van der Waals surface area contributed by atoms with Gasteiger partial charge >= 0.3 is 0 Å². The Kier molecular flexibility index (Phi) is 4.74. The molecule has 0 atom stereocenters. The van der Waals surface area contributed by atoms with Crippen LogP contribution in [0.25, 0.3) is 10.9 Å². The summed E-state index contributed by atoms with van der Waals surface area (Å²) in [5, 5.41) is 0.832. The van der Waals surface area contributed by atoms with Crippen LogP contribution in [0.4, 0.5) is 0 Å². The lowest BCUT2D eigenvalue weighted by atomic mass is 10.1. The average Bonchev–Trinajstić information content (AvgIpc) is 3.39. The van der Waals surface area contributed by atoms with Crippen LogP contribution in [0.1, 0.15) is 51.4 Å². The normalized spacial score (nSPS) is 14.6. The van der Waals surface area contributed by atoms with E-state index in [4.69, 9.17) is 0 Å². The van der Waals surface area contributed by atoms with Gasteiger partial charge in [-0.15, -0.1) is 0 Å². The van der Waals surface area contributed by atoms with E-state index in [0.717, 1.165) is 24.0 Å². The smallest absolute Gasteiger partial charge is 0.268 e. The molecule has 0 bridgehead atoms. The highest BCUT2D eigenvalue weighted by atomic mass is 79.9. The minimum atomic E-state index is -3.84. The van der Waals surface area contributed by atoms with E-state index in [9.17, 15) is 13.2 Å². The molecule has 0 aliphatic heterocycles. The molecule has 0 spiro atoms. The highest BCUT2D eigenvalue weighted by Gasteiger charge is 2.29. The summed E-state index contributed by atoms with van der Waals surface area (Å²) in [5.74, 6) is 0.365. The van der Waals surface area contributed by atoms with Crippen LogP contribution in [0.2, 0.25) is 0 Å². The third-order valence-electron chi connectivity index (χ3n) is 5.39. The van der Waals surface area contributed by atoms with Crippen LogP contribution < -0.4 is 0 Å². The van der Waals surface area contributed by atoms with Gasteiger partial charge < -0.3 is 0 Å². The lowest BCUT2D eigenvalue weighted by Gasteiger charge is -2.14. The molecular weight excluding hydrogens is 438 g/mol. The first kappa shape index (κ1) is 19.4. The number of nitrogens with zero attached hydrogens (tertiary/aromatic N) is 1. The van der Waals surface area contributed by atoms with Gasteiger partial charge in [-0.25, -0.2) is 12.4 Å². The Hall–Kier alpha value is -1.92. The largest absolute Gasteiger partial charge is 0.293 e. The van der Waals surface area contributed by atoms with E-state index in [1.807, 2.05) is 51.1 Å². The van der Waals surface area contributed by atoms with Crippen LogP contribution >= 0.6 is 15.9 Å². The molecule has 1 aromatic heterocycles. The summed E-state index contributed by atoms with van der Waals surface area (Å²) in [6.45, 7) is 5.59. The van der Waals surface area contributed by atoms with Gasteiger partial charge in [-0.1, -0.05) is 45.8 Å². The first-order chi connectivity index (χ1) is 13.2. The Balaban J connectivity index is 2.02. The number of Topliss-reactive ketones (excluding diaryl/α,β-unsaturated/α-hetero) is 1. The molecule has 28 heavy (non-hydrogen) atoms. The van der Waals surface area contributed by atoms with E-state index in [-0.39, 0.29) is 11.1 Å². The fourth-order valence-electron chi connectivity index (χ4n) is 4.05. The molecule has 0 amide bonds. The molecule has 1 aliphatic rings. The number of carbonyl (C=O) groups excluding carboxylic acids is 1. The van der Waals surface area contributed by atoms with Gasteiger partial charge in [0.15, 0.2) is 5.78 Å². The molecule has 6 heteroatoms. The molecule has 4 nitrogen and oxygen atoms in total. The summed E-state index contributed by atoms with van der Waals surface area (Å²) in [6.07, 6.45) is 3.74. The van der Waals surface area contributed by atoms with Gasteiger partial charge in [0, 0.05) is 17.1 Å². The zero-order valence-corrected chi connectivity index (χ0v) is 18.5. The summed E-state index contributed by atoms with van der Waals surface area (Å²) in [7, 11) is -3.84. The molecule has 0 saturated heterocycles. The van der Waals surface area contributed by atoms with E-state index >= 15 is 0 Å². The molecule has 4 rings (SSSR count). The Bertz CT molecular complexity index is 1200. The minimum Gasteiger partial charge on any atom is -0.293 e. The number of hydrogen-bond acceptors (Lipinski definition) is 3. The van der Waals surface area contributed by atoms with E-state index in [1.54, 1.807) is 0 Å². The Morgan fingerprint density at radius 3 is 2.32 bits per heavy atom. The van der Waals surface area contributed by atoms with Gasteiger partial charge in [-0.05, 0) is 62.3 Å². The molecule has 2 aromatic carbocycles. The maximum atomic E-state index is 13.7. The quantitative estimate of drug-likeness (QED) is 0.386. The van der Waals surface area contributed by atoms with Crippen LogP contribution in [0, 0.1) is 20.8 Å². The average molecular weight is 460 g/mol. The van der Waals surface area contributed by atoms with Crippen LogP contribution in [-0.4, -0.2) is 23.5 Å². The van der Waals surface area contributed by atoms with Crippen LogP contribution in [0.15, 0.2) is 41.4 Å². The van der Waals surface area contributed by atoms with Crippen molar-refractivity contribution < 1.29 is 13.2 Å². The highest BCUT2D eigenvalue weighted by Crippen LogP contribution is 2.42. The summed E-state index contributed by atoms with van der Waals surface area (Å²) in [6, 6.07) is 9.61. The van der Waals surface area contributed by atoms with Crippen molar-refractivity contribution in [3.8, 4) is 0 Å². The van der Waals surface area contributed by atoms with Gasteiger partial charge in [0.2, 0.25) is 0 Å². The number of halogens is 1. The molecule has 0 unspecified atom stereocenters. The second kappa shape index (κ2) is 6.85. The molecule has 146 valence electrons. The van der Waals surface area contributed by atoms with Crippen molar-refractivity contribution in [3.63, 3.8) is 0 Å². The third kappa shape index (κ3) is 3.12. The molecule has 1 saturated carbocycles. The standard InChI is InChI=1S/C22H22BrNO3S/c1-13-8-14(2)22(15(3)9-13)28(26,27)24-12-19(21(25)11-23)18-7-6-17(10-20(18)24)16-4-5-16/h6-10,12,16H,4-5,11H2,1-3H3. The lowest BCUT2D eigenvalue weighted by Crippen LogP contribution is -2.15. The Morgan fingerprint density at radius 1 is 1.11 bits per heavy atom. The monoisotopic (exact) mass is 459 g/mol. The molecule has 1 aliphatic carbocycles. The molecule has 1 heterocycles. The number of carbonyl (C=O) groups is 1. The summed E-state index contributed by atoms with van der Waals surface area (Å²) >= 11 is 3.21. The second-order valence-corrected chi connectivity index (χ2v) is 9.99. The van der Waals surface area contributed by atoms with Crippen molar-refractivity contribution in [1.82, 2.24) is 3.97 Å². The first-order valence-corrected chi connectivity index (χ1v) is 11.9. The van der Waals surface area contributed by atoms with Crippen molar-refractivity contribution in [2.24, 2.45) is 0 Å². The van der Waals surface area contributed by atoms with Crippen molar-refractivity contribution in [3.05, 3.63) is 64.3 Å². The van der Waals surface area contributed by atoms with Gasteiger partial charge in [-0.3, -0.25) is 4.79 Å². The lowest BCUT2D eigenvalue weighted by molar-refractivity contribution is 0.102. The van der Waals surface area contributed by atoms with Gasteiger partial charge in [0.25, 0.3) is 10.0 Å². The molecule has 0 N–H and O–H groups in total. The summed E-state index contributed by atoms with van der Waals surface area (Å²) in [4.78, 5) is 12.8. The molecule has 0 radical (unpaired) electrons. The number of aromatic nitrogens is 1. The van der Waals surface area contributed by atoms with Gasteiger partial charge in [0.05, 0.1) is 15.7 Å². The number of fused-ring (bicyclic) bond motifs is 1. The Morgan fingerprint density at radius 2 is 1.75 bits per heavy atom. The third-order valence-corrected chi connectivity index (χ3v) is 7.88. The van der Waals surface area contributed by atoms with Gasteiger partial charge in [0.1, 0.15) is 0 Å². The summed E-state index contributed by atoms with van der Waals surface area (Å²) < 4.78 is 28.6. The fourth-order valence-corrected chi connectivity index (χ4v) is 6.14. The molecule has 3 aromatic rings. The second-order valence-electron chi connectivity index (χ2n) is 7.68. The number of aryl methyl sites for hydroxylation is 3. The number of ketones is 1. The van der Waals surface area contributed by atoms with E-state index < -0.39 is 10.0 Å². The topological polar surface area (TPSA) is 56.1 Å². The van der Waals surface area contributed by atoms with Gasteiger partial charge in [-0.2, -0.15) is 0 Å². The first-order valence-electron chi connectivity index (χ1n) is 9.31. The minimum absolute atomic E-state index is 0.129. The van der Waals surface area contributed by atoms with E-state index in [0.29, 0.717) is 38.4 Å². The molecular formula is C22H22BrNO3S. The highest BCUT2D eigenvalue weighted by molar-refractivity contribution is 9.09. The summed E-state index contributed by atoms with van der Waals surface area (Å²) in [5.41, 5.74) is 4.60. The number of benzene rings is 2. The number of hydrogen-bond donors (Lipinski definition) is 0. The fraction of sp³-hybridized carbons (Fsp3) is 0.318. The number of alkyl halides is 1. The number of rotatable bonds is 5. The van der Waals surface area contributed by atoms with Crippen LogP contribution in [0.3, 0.4) is 0 Å². The van der Waals surface area contributed by atoms with Crippen molar-refractivity contribution >= 4 is 42.6 Å². The maximum Gasteiger partial charge on any atom is 0.268 e. The predicted molar refractivity (Wildman–Crippen MR) is 115 cm³/mol. The van der Waals surface area contributed by atoms with Crippen molar-refractivity contribution in [1.29, 1.82) is 0 Å². The maximum absolute atomic E-state index is 13.7. The zero-order valence-electron chi connectivity index (χ0n) is 16.1. The Labute approximate surface area is 173 Å². The molecule has 1 fully saturated rings.